The molecule has 1 N–H and O–H groups in total. The van der Waals surface area contributed by atoms with Gasteiger partial charge in [0, 0.05) is 29.8 Å². The van der Waals surface area contributed by atoms with E-state index in [1.54, 1.807) is 0 Å². The van der Waals surface area contributed by atoms with Crippen molar-refractivity contribution in [1.29, 1.82) is 0 Å². The fraction of sp³-hybridized carbons (Fsp3) is 0.308. The Morgan fingerprint density at radius 2 is 2.12 bits per heavy atom. The molecule has 0 aliphatic heterocycles. The van der Waals surface area contributed by atoms with E-state index < -0.39 is 0 Å². The maximum Gasteiger partial charge on any atom is 0.336 e. The molecule has 0 aliphatic carbocycles. The number of rotatable bonds is 3. The summed E-state index contributed by atoms with van der Waals surface area (Å²) in [5, 5.41) is 4.25. The highest BCUT2D eigenvalue weighted by atomic mass is 16.4. The molecule has 0 bridgehead atoms. The normalized spacial score (nSPS) is 10.6. The number of anilines is 1. The average molecular weight is 217 g/mol. The summed E-state index contributed by atoms with van der Waals surface area (Å²) in [6.45, 7) is 4.94. The molecule has 1 aromatic heterocycles. The lowest BCUT2D eigenvalue weighted by Crippen LogP contribution is -2.01. The molecule has 2 rings (SSSR count). The number of hydrogen-bond acceptors (Lipinski definition) is 3. The van der Waals surface area contributed by atoms with Crippen LogP contribution in [0, 0.1) is 6.92 Å². The van der Waals surface area contributed by atoms with Crippen molar-refractivity contribution >= 4 is 16.7 Å². The maximum absolute atomic E-state index is 11.2. The van der Waals surface area contributed by atoms with Crippen molar-refractivity contribution in [2.45, 2.75) is 20.3 Å². The van der Waals surface area contributed by atoms with Crippen LogP contribution in [0.15, 0.2) is 33.5 Å². The number of hydrogen-bond donors (Lipinski definition) is 1. The Morgan fingerprint density at radius 3 is 2.88 bits per heavy atom. The minimum atomic E-state index is -0.294. The van der Waals surface area contributed by atoms with E-state index >= 15 is 0 Å². The molecular formula is C13H15NO2. The second kappa shape index (κ2) is 4.39. The molecule has 0 fully saturated rings. The zero-order valence-corrected chi connectivity index (χ0v) is 9.54. The second-order valence-corrected chi connectivity index (χ2v) is 3.89. The third-order valence-corrected chi connectivity index (χ3v) is 2.53. The van der Waals surface area contributed by atoms with E-state index in [1.807, 2.05) is 25.1 Å². The van der Waals surface area contributed by atoms with Crippen LogP contribution in [-0.2, 0) is 0 Å². The van der Waals surface area contributed by atoms with Crippen LogP contribution in [0.1, 0.15) is 18.9 Å². The summed E-state index contributed by atoms with van der Waals surface area (Å²) >= 11 is 0. The van der Waals surface area contributed by atoms with E-state index in [2.05, 4.69) is 12.2 Å². The van der Waals surface area contributed by atoms with E-state index in [1.165, 1.54) is 6.07 Å². The lowest BCUT2D eigenvalue weighted by Gasteiger charge is -2.06. The van der Waals surface area contributed by atoms with Gasteiger partial charge in [0.1, 0.15) is 5.58 Å². The summed E-state index contributed by atoms with van der Waals surface area (Å²) in [6.07, 6.45) is 1.07. The van der Waals surface area contributed by atoms with Crippen molar-refractivity contribution in [3.63, 3.8) is 0 Å². The van der Waals surface area contributed by atoms with E-state index in [0.29, 0.717) is 5.58 Å². The standard InChI is InChI=1S/C13H15NO2/c1-3-6-14-10-4-5-11-9(2)7-13(15)16-12(11)8-10/h4-5,7-8,14H,3,6H2,1-2H3. The molecule has 0 unspecified atom stereocenters. The summed E-state index contributed by atoms with van der Waals surface area (Å²) < 4.78 is 5.17. The predicted molar refractivity (Wildman–Crippen MR) is 66.0 cm³/mol. The molecule has 3 nitrogen and oxygen atoms in total. The summed E-state index contributed by atoms with van der Waals surface area (Å²) in [5.41, 5.74) is 2.29. The molecule has 1 aromatic carbocycles. The highest BCUT2D eigenvalue weighted by Gasteiger charge is 2.02. The third kappa shape index (κ3) is 2.08. The van der Waals surface area contributed by atoms with Crippen LogP contribution >= 0.6 is 0 Å². The topological polar surface area (TPSA) is 42.2 Å². The molecule has 0 spiro atoms. The van der Waals surface area contributed by atoms with Gasteiger partial charge in [-0.1, -0.05) is 6.92 Å². The molecule has 1 heterocycles. The molecule has 3 heteroatoms. The van der Waals surface area contributed by atoms with Gasteiger partial charge in [-0.3, -0.25) is 0 Å². The Labute approximate surface area is 94.1 Å². The van der Waals surface area contributed by atoms with Gasteiger partial charge in [0.15, 0.2) is 0 Å². The van der Waals surface area contributed by atoms with Crippen LogP contribution in [-0.4, -0.2) is 6.54 Å². The largest absolute Gasteiger partial charge is 0.423 e. The van der Waals surface area contributed by atoms with Gasteiger partial charge in [-0.05, 0) is 31.0 Å². The summed E-state index contributed by atoms with van der Waals surface area (Å²) in [7, 11) is 0. The van der Waals surface area contributed by atoms with Crippen molar-refractivity contribution in [3.8, 4) is 0 Å². The fourth-order valence-electron chi connectivity index (χ4n) is 1.70. The van der Waals surface area contributed by atoms with Gasteiger partial charge in [0.05, 0.1) is 0 Å². The summed E-state index contributed by atoms with van der Waals surface area (Å²) in [4.78, 5) is 11.2. The van der Waals surface area contributed by atoms with Crippen molar-refractivity contribution in [1.82, 2.24) is 0 Å². The zero-order chi connectivity index (χ0) is 11.5. The Balaban J connectivity index is 2.49. The molecule has 0 atom stereocenters. The maximum atomic E-state index is 11.2. The smallest absolute Gasteiger partial charge is 0.336 e. The van der Waals surface area contributed by atoms with Crippen LogP contribution in [0.5, 0.6) is 0 Å². The first-order chi connectivity index (χ1) is 7.70. The molecule has 0 radical (unpaired) electrons. The number of aryl methyl sites for hydroxylation is 1. The monoisotopic (exact) mass is 217 g/mol. The van der Waals surface area contributed by atoms with Gasteiger partial charge in [0.2, 0.25) is 0 Å². The minimum Gasteiger partial charge on any atom is -0.423 e. The Bertz CT molecular complexity index is 557. The molecule has 0 amide bonds. The van der Waals surface area contributed by atoms with Crippen molar-refractivity contribution in [2.75, 3.05) is 11.9 Å². The van der Waals surface area contributed by atoms with Gasteiger partial charge in [-0.15, -0.1) is 0 Å². The van der Waals surface area contributed by atoms with Crippen LogP contribution in [0.3, 0.4) is 0 Å². The summed E-state index contributed by atoms with van der Waals surface area (Å²) in [6, 6.07) is 7.37. The second-order valence-electron chi connectivity index (χ2n) is 3.89. The zero-order valence-electron chi connectivity index (χ0n) is 9.54. The van der Waals surface area contributed by atoms with E-state index in [9.17, 15) is 4.79 Å². The molecule has 2 aromatic rings. The van der Waals surface area contributed by atoms with Crippen LogP contribution in [0.25, 0.3) is 11.0 Å². The highest BCUT2D eigenvalue weighted by Crippen LogP contribution is 2.20. The molecule has 84 valence electrons. The van der Waals surface area contributed by atoms with Gasteiger partial charge in [-0.25, -0.2) is 4.79 Å². The van der Waals surface area contributed by atoms with Gasteiger partial charge >= 0.3 is 5.63 Å². The molecule has 0 saturated carbocycles. The van der Waals surface area contributed by atoms with Crippen molar-refractivity contribution < 1.29 is 4.42 Å². The number of fused-ring (bicyclic) bond motifs is 1. The van der Waals surface area contributed by atoms with Crippen LogP contribution in [0.4, 0.5) is 5.69 Å². The average Bonchev–Trinajstić information content (AvgIpc) is 2.25. The first kappa shape index (κ1) is 10.7. The molecule has 16 heavy (non-hydrogen) atoms. The first-order valence-electron chi connectivity index (χ1n) is 5.49. The van der Waals surface area contributed by atoms with Crippen LogP contribution < -0.4 is 10.9 Å². The number of nitrogens with one attached hydrogen (secondary N) is 1. The lowest BCUT2D eigenvalue weighted by molar-refractivity contribution is 0.560. The van der Waals surface area contributed by atoms with Gasteiger partial charge in [-0.2, -0.15) is 0 Å². The third-order valence-electron chi connectivity index (χ3n) is 2.53. The Hall–Kier alpha value is -1.77. The van der Waals surface area contributed by atoms with Crippen LogP contribution in [0.2, 0.25) is 0 Å². The SMILES string of the molecule is CCCNc1ccc2c(C)cc(=O)oc2c1. The van der Waals surface area contributed by atoms with Crippen molar-refractivity contribution in [2.24, 2.45) is 0 Å². The van der Waals surface area contributed by atoms with Gasteiger partial charge in [0.25, 0.3) is 0 Å². The van der Waals surface area contributed by atoms with Gasteiger partial charge < -0.3 is 9.73 Å². The fourth-order valence-corrected chi connectivity index (χ4v) is 1.70. The number of benzene rings is 1. The summed E-state index contributed by atoms with van der Waals surface area (Å²) in [5.74, 6) is 0. The quantitative estimate of drug-likeness (QED) is 0.804. The molecular weight excluding hydrogens is 202 g/mol. The predicted octanol–water partition coefficient (Wildman–Crippen LogP) is 2.92. The highest BCUT2D eigenvalue weighted by molar-refractivity contribution is 5.83. The first-order valence-corrected chi connectivity index (χ1v) is 5.49. The minimum absolute atomic E-state index is 0.294. The van der Waals surface area contributed by atoms with E-state index in [-0.39, 0.29) is 5.63 Å². The Kier molecular flexibility index (Phi) is 2.95. The van der Waals surface area contributed by atoms with E-state index in [4.69, 9.17) is 4.42 Å². The molecule has 0 aliphatic rings. The van der Waals surface area contributed by atoms with E-state index in [0.717, 1.165) is 29.6 Å². The molecule has 0 saturated heterocycles. The lowest BCUT2D eigenvalue weighted by atomic mass is 10.1. The Morgan fingerprint density at radius 1 is 1.31 bits per heavy atom. The van der Waals surface area contributed by atoms with Crippen molar-refractivity contribution in [3.05, 3.63) is 40.2 Å².